The lowest BCUT2D eigenvalue weighted by atomic mass is 10.1. The molecule has 5 nitrogen and oxygen atoms in total. The quantitative estimate of drug-likeness (QED) is 0.687. The maximum atomic E-state index is 12.1. The molecule has 0 aliphatic rings. The molecule has 5 heteroatoms. The Balaban J connectivity index is 1.58. The van der Waals surface area contributed by atoms with E-state index in [0.717, 1.165) is 16.3 Å². The molecule has 0 radical (unpaired) electrons. The second kappa shape index (κ2) is 8.16. The number of nitrogens with one attached hydrogen (secondary N) is 1. The van der Waals surface area contributed by atoms with Crippen molar-refractivity contribution in [1.82, 2.24) is 5.32 Å². The van der Waals surface area contributed by atoms with E-state index < -0.39 is 17.9 Å². The molecule has 26 heavy (non-hydrogen) atoms. The van der Waals surface area contributed by atoms with E-state index >= 15 is 0 Å². The van der Waals surface area contributed by atoms with Gasteiger partial charge in [-0.15, -0.1) is 0 Å². The maximum Gasteiger partial charge on any atom is 0.326 e. The monoisotopic (exact) mass is 349 g/mol. The van der Waals surface area contributed by atoms with Gasteiger partial charge in [-0.25, -0.2) is 4.79 Å². The molecule has 0 aliphatic carbocycles. The summed E-state index contributed by atoms with van der Waals surface area (Å²) in [6.45, 7) is -0.239. The third-order valence-electron chi connectivity index (χ3n) is 4.01. The molecule has 1 unspecified atom stereocenters. The zero-order chi connectivity index (χ0) is 18.4. The highest BCUT2D eigenvalue weighted by molar-refractivity contribution is 5.85. The number of benzene rings is 3. The number of amides is 1. The number of carbonyl (C=O) groups is 2. The lowest BCUT2D eigenvalue weighted by Crippen LogP contribution is -2.44. The molecule has 1 atom stereocenters. The van der Waals surface area contributed by atoms with E-state index in [1.165, 1.54) is 0 Å². The smallest absolute Gasteiger partial charge is 0.326 e. The molecule has 132 valence electrons. The number of carboxylic acid groups (broad SMARTS) is 1. The predicted octanol–water partition coefficient (Wildman–Crippen LogP) is 3.03. The molecule has 0 aliphatic heterocycles. The lowest BCUT2D eigenvalue weighted by molar-refractivity contribution is -0.142. The first kappa shape index (κ1) is 17.5. The van der Waals surface area contributed by atoms with E-state index in [1.807, 2.05) is 66.7 Å². The van der Waals surface area contributed by atoms with Crippen molar-refractivity contribution in [2.75, 3.05) is 6.61 Å². The summed E-state index contributed by atoms with van der Waals surface area (Å²) in [6.07, 6.45) is 0.220. The predicted molar refractivity (Wildman–Crippen MR) is 99.2 cm³/mol. The number of fused-ring (bicyclic) bond motifs is 1. The lowest BCUT2D eigenvalue weighted by Gasteiger charge is -2.15. The number of hydrogen-bond acceptors (Lipinski definition) is 3. The van der Waals surface area contributed by atoms with Crippen LogP contribution in [0.3, 0.4) is 0 Å². The molecule has 0 saturated heterocycles. The van der Waals surface area contributed by atoms with Crippen LogP contribution in [-0.4, -0.2) is 29.6 Å². The van der Waals surface area contributed by atoms with Gasteiger partial charge in [-0.1, -0.05) is 60.7 Å². The molecular formula is C21H19NO4. The SMILES string of the molecule is O=C(COc1ccc2ccccc2c1)NC(Cc1ccccc1)C(=O)O. The van der Waals surface area contributed by atoms with Crippen LogP contribution in [0.1, 0.15) is 5.56 Å². The van der Waals surface area contributed by atoms with Crippen LogP contribution in [-0.2, 0) is 16.0 Å². The Morgan fingerprint density at radius 3 is 2.35 bits per heavy atom. The van der Waals surface area contributed by atoms with Crippen molar-refractivity contribution in [1.29, 1.82) is 0 Å². The normalized spacial score (nSPS) is 11.7. The molecule has 0 saturated carbocycles. The molecule has 0 aromatic heterocycles. The van der Waals surface area contributed by atoms with E-state index in [9.17, 15) is 14.7 Å². The minimum Gasteiger partial charge on any atom is -0.484 e. The van der Waals surface area contributed by atoms with Gasteiger partial charge < -0.3 is 15.2 Å². The summed E-state index contributed by atoms with van der Waals surface area (Å²) in [6, 6.07) is 21.6. The van der Waals surface area contributed by atoms with Gasteiger partial charge in [0.05, 0.1) is 0 Å². The number of ether oxygens (including phenoxy) is 1. The molecule has 3 aromatic rings. The van der Waals surface area contributed by atoms with Crippen LogP contribution in [0.5, 0.6) is 5.75 Å². The molecule has 0 bridgehead atoms. The summed E-state index contributed by atoms with van der Waals surface area (Å²) in [5, 5.41) is 13.9. The molecule has 3 rings (SSSR count). The molecule has 2 N–H and O–H groups in total. The summed E-state index contributed by atoms with van der Waals surface area (Å²) in [7, 11) is 0. The van der Waals surface area contributed by atoms with Crippen molar-refractivity contribution < 1.29 is 19.4 Å². The Bertz CT molecular complexity index is 908. The van der Waals surface area contributed by atoms with Crippen molar-refractivity contribution in [2.45, 2.75) is 12.5 Å². The van der Waals surface area contributed by atoms with Gasteiger partial charge in [0, 0.05) is 6.42 Å². The number of hydrogen-bond donors (Lipinski definition) is 2. The largest absolute Gasteiger partial charge is 0.484 e. The first-order valence-electron chi connectivity index (χ1n) is 8.29. The number of carboxylic acids is 1. The number of aliphatic carboxylic acids is 1. The van der Waals surface area contributed by atoms with Crippen molar-refractivity contribution >= 4 is 22.6 Å². The molecular weight excluding hydrogens is 330 g/mol. The summed E-state index contributed by atoms with van der Waals surface area (Å²) in [5.41, 5.74) is 0.843. The molecule has 1 amide bonds. The Morgan fingerprint density at radius 2 is 1.62 bits per heavy atom. The second-order valence-corrected chi connectivity index (χ2v) is 5.95. The summed E-state index contributed by atoms with van der Waals surface area (Å²) < 4.78 is 5.50. The van der Waals surface area contributed by atoms with E-state index in [2.05, 4.69) is 5.32 Å². The zero-order valence-corrected chi connectivity index (χ0v) is 14.1. The first-order valence-corrected chi connectivity index (χ1v) is 8.29. The van der Waals surface area contributed by atoms with Crippen LogP contribution >= 0.6 is 0 Å². The van der Waals surface area contributed by atoms with Crippen molar-refractivity contribution in [3.63, 3.8) is 0 Å². The van der Waals surface area contributed by atoms with Crippen LogP contribution in [0.25, 0.3) is 10.8 Å². The van der Waals surface area contributed by atoms with Crippen molar-refractivity contribution in [3.8, 4) is 5.75 Å². The fraction of sp³-hybridized carbons (Fsp3) is 0.143. The molecule has 0 fully saturated rings. The fourth-order valence-corrected chi connectivity index (χ4v) is 2.69. The highest BCUT2D eigenvalue weighted by Crippen LogP contribution is 2.20. The fourth-order valence-electron chi connectivity index (χ4n) is 2.69. The Labute approximate surface area is 151 Å². The van der Waals surface area contributed by atoms with Crippen molar-refractivity contribution in [2.24, 2.45) is 0 Å². The van der Waals surface area contributed by atoms with Gasteiger partial charge in [0.1, 0.15) is 11.8 Å². The number of rotatable bonds is 7. The highest BCUT2D eigenvalue weighted by Gasteiger charge is 2.20. The average Bonchev–Trinajstić information content (AvgIpc) is 2.66. The van der Waals surface area contributed by atoms with E-state index in [4.69, 9.17) is 4.74 Å². The number of carbonyl (C=O) groups excluding carboxylic acids is 1. The zero-order valence-electron chi connectivity index (χ0n) is 14.1. The second-order valence-electron chi connectivity index (χ2n) is 5.95. The third kappa shape index (κ3) is 4.60. The third-order valence-corrected chi connectivity index (χ3v) is 4.01. The van der Waals surface area contributed by atoms with Gasteiger partial charge >= 0.3 is 5.97 Å². The van der Waals surface area contributed by atoms with Gasteiger partial charge in [0.2, 0.25) is 0 Å². The molecule has 0 spiro atoms. The van der Waals surface area contributed by atoms with Crippen LogP contribution in [0.4, 0.5) is 0 Å². The van der Waals surface area contributed by atoms with Gasteiger partial charge in [-0.2, -0.15) is 0 Å². The van der Waals surface area contributed by atoms with Crippen LogP contribution in [0.2, 0.25) is 0 Å². The summed E-state index contributed by atoms with van der Waals surface area (Å²) in [4.78, 5) is 23.5. The van der Waals surface area contributed by atoms with Crippen molar-refractivity contribution in [3.05, 3.63) is 78.4 Å². The minimum atomic E-state index is -1.08. The Kier molecular flexibility index (Phi) is 5.49. The van der Waals surface area contributed by atoms with Gasteiger partial charge in [-0.3, -0.25) is 4.79 Å². The molecule has 0 heterocycles. The first-order chi connectivity index (χ1) is 12.6. The highest BCUT2D eigenvalue weighted by atomic mass is 16.5. The standard InChI is InChI=1S/C21H19NO4/c23-20(22-19(21(24)25)12-15-6-2-1-3-7-15)14-26-18-11-10-16-8-4-5-9-17(16)13-18/h1-11,13,19H,12,14H2,(H,22,23)(H,24,25). The minimum absolute atomic E-state index is 0.220. The average molecular weight is 349 g/mol. The van der Waals surface area contributed by atoms with Gasteiger partial charge in [0.15, 0.2) is 6.61 Å². The summed E-state index contributed by atoms with van der Waals surface area (Å²) in [5.74, 6) is -0.983. The Morgan fingerprint density at radius 1 is 0.923 bits per heavy atom. The van der Waals surface area contributed by atoms with Gasteiger partial charge in [0.25, 0.3) is 5.91 Å². The Hall–Kier alpha value is -3.34. The van der Waals surface area contributed by atoms with E-state index in [1.54, 1.807) is 6.07 Å². The van der Waals surface area contributed by atoms with Crippen LogP contribution < -0.4 is 10.1 Å². The van der Waals surface area contributed by atoms with Crippen LogP contribution in [0.15, 0.2) is 72.8 Å². The van der Waals surface area contributed by atoms with Crippen LogP contribution in [0, 0.1) is 0 Å². The van der Waals surface area contributed by atoms with E-state index in [0.29, 0.717) is 5.75 Å². The maximum absolute atomic E-state index is 12.1. The molecule has 3 aromatic carbocycles. The topological polar surface area (TPSA) is 75.6 Å². The summed E-state index contributed by atoms with van der Waals surface area (Å²) >= 11 is 0. The van der Waals surface area contributed by atoms with E-state index in [-0.39, 0.29) is 13.0 Å². The van der Waals surface area contributed by atoms with Gasteiger partial charge in [-0.05, 0) is 28.5 Å².